The van der Waals surface area contributed by atoms with Crippen molar-refractivity contribution in [3.05, 3.63) is 38.8 Å². The number of carbonyl (C=O) groups excluding carboxylic acids is 2. The number of amides is 2. The van der Waals surface area contributed by atoms with Gasteiger partial charge in [-0.2, -0.15) is 5.10 Å². The van der Waals surface area contributed by atoms with Crippen LogP contribution in [-0.2, 0) is 23.8 Å². The summed E-state index contributed by atoms with van der Waals surface area (Å²) in [7, 11) is 1.85. The minimum Gasteiger partial charge on any atom is -0.369 e. The fourth-order valence-electron chi connectivity index (χ4n) is 4.34. The molecule has 154 valence electrons. The highest BCUT2D eigenvalue weighted by Gasteiger charge is 2.44. The van der Waals surface area contributed by atoms with Gasteiger partial charge in [-0.25, -0.2) is 0 Å². The van der Waals surface area contributed by atoms with Gasteiger partial charge < -0.3 is 15.0 Å². The molecule has 0 unspecified atom stereocenters. The highest BCUT2D eigenvalue weighted by atomic mass is 32.1. The van der Waals surface area contributed by atoms with Gasteiger partial charge in [0, 0.05) is 36.8 Å². The first kappa shape index (κ1) is 18.8. The molecule has 1 aliphatic carbocycles. The Bertz CT molecular complexity index is 967. The Morgan fingerprint density at radius 2 is 2.07 bits per heavy atom. The van der Waals surface area contributed by atoms with Gasteiger partial charge in [0.1, 0.15) is 5.60 Å². The summed E-state index contributed by atoms with van der Waals surface area (Å²) in [5.41, 5.74) is 2.43. The summed E-state index contributed by atoms with van der Waals surface area (Å²) in [6.45, 7) is 3.88. The molecule has 1 saturated carbocycles. The van der Waals surface area contributed by atoms with Crippen LogP contribution < -0.4 is 5.32 Å². The number of thiophene rings is 1. The zero-order valence-corrected chi connectivity index (χ0v) is 17.7. The van der Waals surface area contributed by atoms with E-state index in [0.717, 1.165) is 42.7 Å². The number of carbonyl (C=O) groups is 2. The molecule has 1 spiro atoms. The third-order valence-electron chi connectivity index (χ3n) is 6.43. The standard InChI is InChI=1S/C21H26N4O3S/c1-13-16(12-22-24(13)2)20(27)25-8-6-21(7-9-25)18-14(5-10-28-21)11-17(29-18)19(26)23-15-3-4-15/h11-12,15H,3-10H2,1-2H3,(H,23,26). The van der Waals surface area contributed by atoms with Crippen LogP contribution in [0.3, 0.4) is 0 Å². The molecule has 0 atom stereocenters. The van der Waals surface area contributed by atoms with Crippen molar-refractivity contribution in [2.45, 2.75) is 50.7 Å². The van der Waals surface area contributed by atoms with Crippen LogP contribution in [0.15, 0.2) is 12.3 Å². The molecule has 1 N–H and O–H groups in total. The molecule has 2 aromatic heterocycles. The summed E-state index contributed by atoms with van der Waals surface area (Å²) in [6, 6.07) is 2.41. The zero-order valence-electron chi connectivity index (χ0n) is 16.9. The Morgan fingerprint density at radius 1 is 1.31 bits per heavy atom. The quantitative estimate of drug-likeness (QED) is 0.837. The Balaban J connectivity index is 1.33. The van der Waals surface area contributed by atoms with Gasteiger partial charge >= 0.3 is 0 Å². The van der Waals surface area contributed by atoms with Crippen molar-refractivity contribution < 1.29 is 14.3 Å². The first-order valence-electron chi connectivity index (χ1n) is 10.3. The van der Waals surface area contributed by atoms with Crippen LogP contribution in [-0.4, -0.2) is 52.2 Å². The molecule has 2 fully saturated rings. The molecule has 1 saturated heterocycles. The van der Waals surface area contributed by atoms with Crippen LogP contribution in [0, 0.1) is 6.92 Å². The molecule has 7 nitrogen and oxygen atoms in total. The Labute approximate surface area is 174 Å². The number of aryl methyl sites for hydroxylation is 1. The number of likely N-dealkylation sites (tertiary alicyclic amines) is 1. The average Bonchev–Trinajstić information content (AvgIpc) is 3.31. The van der Waals surface area contributed by atoms with Crippen LogP contribution in [0.5, 0.6) is 0 Å². The second-order valence-corrected chi connectivity index (χ2v) is 9.42. The minimum atomic E-state index is -0.364. The molecule has 29 heavy (non-hydrogen) atoms. The van der Waals surface area contributed by atoms with Crippen molar-refractivity contribution >= 4 is 23.2 Å². The Kier molecular flexibility index (Phi) is 4.51. The van der Waals surface area contributed by atoms with E-state index < -0.39 is 0 Å². The van der Waals surface area contributed by atoms with Gasteiger partial charge in [-0.15, -0.1) is 11.3 Å². The van der Waals surface area contributed by atoms with Crippen molar-refractivity contribution in [3.8, 4) is 0 Å². The lowest BCUT2D eigenvalue weighted by Crippen LogP contribution is -2.48. The van der Waals surface area contributed by atoms with Crippen molar-refractivity contribution in [2.24, 2.45) is 7.05 Å². The van der Waals surface area contributed by atoms with Gasteiger partial charge in [-0.05, 0) is 50.7 Å². The Hall–Kier alpha value is -2.19. The van der Waals surface area contributed by atoms with Gasteiger partial charge in [-0.1, -0.05) is 0 Å². The van der Waals surface area contributed by atoms with Crippen LogP contribution in [0.4, 0.5) is 0 Å². The number of piperidine rings is 1. The molecular weight excluding hydrogens is 388 g/mol. The van der Waals surface area contributed by atoms with Crippen LogP contribution in [0.25, 0.3) is 0 Å². The maximum atomic E-state index is 12.9. The van der Waals surface area contributed by atoms with E-state index in [-0.39, 0.29) is 17.4 Å². The summed E-state index contributed by atoms with van der Waals surface area (Å²) < 4.78 is 8.04. The fourth-order valence-corrected chi connectivity index (χ4v) is 5.65. The minimum absolute atomic E-state index is 0.0390. The van der Waals surface area contributed by atoms with E-state index in [4.69, 9.17) is 4.74 Å². The van der Waals surface area contributed by atoms with E-state index in [9.17, 15) is 9.59 Å². The third-order valence-corrected chi connectivity index (χ3v) is 7.79. The van der Waals surface area contributed by atoms with Crippen molar-refractivity contribution in [1.82, 2.24) is 20.0 Å². The molecule has 2 amide bonds. The van der Waals surface area contributed by atoms with Gasteiger partial charge in [0.2, 0.25) is 0 Å². The summed E-state index contributed by atoms with van der Waals surface area (Å²) in [5, 5.41) is 7.29. The monoisotopic (exact) mass is 414 g/mol. The fraction of sp³-hybridized carbons (Fsp3) is 0.571. The van der Waals surface area contributed by atoms with E-state index >= 15 is 0 Å². The lowest BCUT2D eigenvalue weighted by atomic mass is 9.85. The molecule has 4 heterocycles. The van der Waals surface area contributed by atoms with Crippen molar-refractivity contribution in [2.75, 3.05) is 19.7 Å². The molecule has 0 bridgehead atoms. The zero-order chi connectivity index (χ0) is 20.2. The molecule has 3 aliphatic rings. The maximum absolute atomic E-state index is 12.9. The number of fused-ring (bicyclic) bond motifs is 2. The molecule has 8 heteroatoms. The van der Waals surface area contributed by atoms with Crippen molar-refractivity contribution in [1.29, 1.82) is 0 Å². The van der Waals surface area contributed by atoms with E-state index in [1.807, 2.05) is 18.9 Å². The van der Waals surface area contributed by atoms with Crippen LogP contribution >= 0.6 is 11.3 Å². The predicted octanol–water partition coefficient (Wildman–Crippen LogP) is 2.39. The van der Waals surface area contributed by atoms with Crippen molar-refractivity contribution in [3.63, 3.8) is 0 Å². The lowest BCUT2D eigenvalue weighted by Gasteiger charge is -2.43. The molecule has 2 aromatic rings. The summed E-state index contributed by atoms with van der Waals surface area (Å²) in [6.07, 6.45) is 6.20. The molecule has 0 radical (unpaired) electrons. The number of nitrogens with one attached hydrogen (secondary N) is 1. The van der Waals surface area contributed by atoms with Crippen LogP contribution in [0.1, 0.15) is 61.8 Å². The number of rotatable bonds is 3. The smallest absolute Gasteiger partial charge is 0.261 e. The number of aromatic nitrogens is 2. The highest BCUT2D eigenvalue weighted by Crippen LogP contribution is 2.45. The molecule has 0 aromatic carbocycles. The molecular formula is C21H26N4O3S. The predicted molar refractivity (Wildman–Crippen MR) is 109 cm³/mol. The molecule has 2 aliphatic heterocycles. The van der Waals surface area contributed by atoms with E-state index in [2.05, 4.69) is 16.5 Å². The second-order valence-electron chi connectivity index (χ2n) is 8.36. The molecule has 5 rings (SSSR count). The van der Waals surface area contributed by atoms with Gasteiger partial charge in [0.05, 0.1) is 23.2 Å². The summed E-state index contributed by atoms with van der Waals surface area (Å²) in [4.78, 5) is 29.3. The Morgan fingerprint density at radius 3 is 2.72 bits per heavy atom. The van der Waals surface area contributed by atoms with Gasteiger partial charge in [0.15, 0.2) is 0 Å². The van der Waals surface area contributed by atoms with Crippen LogP contribution in [0.2, 0.25) is 0 Å². The number of ether oxygens (including phenoxy) is 1. The van der Waals surface area contributed by atoms with E-state index in [0.29, 0.717) is 31.3 Å². The number of hydrogen-bond acceptors (Lipinski definition) is 5. The summed E-state index contributed by atoms with van der Waals surface area (Å²) in [5.74, 6) is 0.0823. The summed E-state index contributed by atoms with van der Waals surface area (Å²) >= 11 is 1.58. The first-order valence-corrected chi connectivity index (χ1v) is 11.1. The maximum Gasteiger partial charge on any atom is 0.261 e. The topological polar surface area (TPSA) is 76.5 Å². The normalized spacial score (nSPS) is 20.6. The second kappa shape index (κ2) is 6.95. The third kappa shape index (κ3) is 3.28. The van der Waals surface area contributed by atoms with E-state index in [1.54, 1.807) is 22.2 Å². The van der Waals surface area contributed by atoms with Gasteiger partial charge in [0.25, 0.3) is 11.8 Å². The highest BCUT2D eigenvalue weighted by molar-refractivity contribution is 7.14. The number of nitrogens with zero attached hydrogens (tertiary/aromatic N) is 3. The number of hydrogen-bond donors (Lipinski definition) is 1. The van der Waals surface area contributed by atoms with E-state index in [1.165, 1.54) is 10.4 Å². The largest absolute Gasteiger partial charge is 0.369 e. The SMILES string of the molecule is Cc1c(C(=O)N2CCC3(CC2)OCCc2cc(C(=O)NC4CC4)sc23)cnn1C. The lowest BCUT2D eigenvalue weighted by molar-refractivity contribution is -0.0906. The first-order chi connectivity index (χ1) is 14.0. The van der Waals surface area contributed by atoms with Gasteiger partial charge in [-0.3, -0.25) is 14.3 Å². The average molecular weight is 415 g/mol.